The maximum atomic E-state index is 12.2. The maximum Gasteiger partial charge on any atom is 0.316 e. The number of hydrogen-bond donors (Lipinski definition) is 0. The first-order valence-corrected chi connectivity index (χ1v) is 9.48. The van der Waals surface area contributed by atoms with E-state index in [1.54, 1.807) is 0 Å². The molecular weight excluding hydrogens is 356 g/mol. The Hall–Kier alpha value is -2.25. The van der Waals surface area contributed by atoms with Crippen LogP contribution in [0.15, 0.2) is 41.0 Å². The molecule has 3 rings (SSSR count). The highest BCUT2D eigenvalue weighted by Crippen LogP contribution is 2.27. The van der Waals surface area contributed by atoms with Crippen LogP contribution in [0.4, 0.5) is 0 Å². The lowest BCUT2D eigenvalue weighted by atomic mass is 10.0. The van der Waals surface area contributed by atoms with Gasteiger partial charge in [0.1, 0.15) is 16.2 Å². The van der Waals surface area contributed by atoms with Crippen LogP contribution in [0.25, 0.3) is 10.2 Å². The number of aryl methyl sites for hydroxylation is 2. The number of fused-ring (bicyclic) bond motifs is 1. The highest BCUT2D eigenvalue weighted by atomic mass is 32.2. The van der Waals surface area contributed by atoms with Crippen molar-refractivity contribution >= 4 is 45.1 Å². The van der Waals surface area contributed by atoms with Crippen molar-refractivity contribution < 1.29 is 14.3 Å². The zero-order valence-corrected chi connectivity index (χ0v) is 15.4. The molecule has 0 aliphatic heterocycles. The first-order valence-electron chi connectivity index (χ1n) is 7.61. The number of thioether (sulfide) groups is 1. The summed E-state index contributed by atoms with van der Waals surface area (Å²) >= 11 is 2.81. The molecule has 1 aromatic carbocycles. The maximum absolute atomic E-state index is 12.2. The molecule has 0 unspecified atom stereocenters. The van der Waals surface area contributed by atoms with Gasteiger partial charge in [0.15, 0.2) is 6.61 Å². The van der Waals surface area contributed by atoms with Crippen LogP contribution < -0.4 is 0 Å². The first kappa shape index (κ1) is 17.6. The molecule has 3 aromatic rings. The molecule has 0 radical (unpaired) electrons. The fourth-order valence-corrected chi connectivity index (χ4v) is 3.89. The summed E-state index contributed by atoms with van der Waals surface area (Å²) in [6.07, 6.45) is 1.48. The van der Waals surface area contributed by atoms with Crippen molar-refractivity contribution in [3.8, 4) is 0 Å². The lowest BCUT2D eigenvalue weighted by Crippen LogP contribution is -2.16. The Labute approximate surface area is 153 Å². The van der Waals surface area contributed by atoms with Crippen LogP contribution in [0.5, 0.6) is 0 Å². The molecule has 0 spiro atoms. The Balaban J connectivity index is 1.55. The fourth-order valence-electron chi connectivity index (χ4n) is 2.31. The van der Waals surface area contributed by atoms with Crippen molar-refractivity contribution in [1.29, 1.82) is 0 Å². The zero-order chi connectivity index (χ0) is 17.8. The summed E-state index contributed by atoms with van der Waals surface area (Å²) in [7, 11) is 0. The molecule has 0 saturated carbocycles. The third-order valence-electron chi connectivity index (χ3n) is 3.61. The number of nitrogens with zero attached hydrogens (tertiary/aromatic N) is 2. The Morgan fingerprint density at radius 3 is 2.88 bits per heavy atom. The van der Waals surface area contributed by atoms with Crippen LogP contribution in [-0.4, -0.2) is 34.1 Å². The minimum Gasteiger partial charge on any atom is -0.457 e. The van der Waals surface area contributed by atoms with Crippen molar-refractivity contribution in [2.45, 2.75) is 18.9 Å². The van der Waals surface area contributed by atoms with Gasteiger partial charge in [0.25, 0.3) is 0 Å². The highest BCUT2D eigenvalue weighted by Gasteiger charge is 2.14. The number of thiophene rings is 1. The topological polar surface area (TPSA) is 69.2 Å². The summed E-state index contributed by atoms with van der Waals surface area (Å²) in [5.74, 6) is -0.533. The highest BCUT2D eigenvalue weighted by molar-refractivity contribution is 8.00. The number of ether oxygens (including phenoxy) is 1. The van der Waals surface area contributed by atoms with Gasteiger partial charge in [0.2, 0.25) is 5.78 Å². The Bertz CT molecular complexity index is 937. The van der Waals surface area contributed by atoms with Crippen molar-refractivity contribution in [2.75, 3.05) is 12.4 Å². The molecule has 25 heavy (non-hydrogen) atoms. The molecule has 0 saturated heterocycles. The second-order valence-corrected chi connectivity index (χ2v) is 7.37. The number of benzene rings is 1. The molecule has 0 aliphatic carbocycles. The van der Waals surface area contributed by atoms with E-state index in [0.29, 0.717) is 5.56 Å². The monoisotopic (exact) mass is 372 g/mol. The van der Waals surface area contributed by atoms with E-state index in [1.165, 1.54) is 29.4 Å². The zero-order valence-electron chi connectivity index (χ0n) is 13.8. The number of ketones is 1. The summed E-state index contributed by atoms with van der Waals surface area (Å²) in [4.78, 5) is 33.4. The average Bonchev–Trinajstić information content (AvgIpc) is 3.09. The van der Waals surface area contributed by atoms with Crippen molar-refractivity contribution in [2.24, 2.45) is 0 Å². The molecule has 5 nitrogen and oxygen atoms in total. The van der Waals surface area contributed by atoms with Crippen LogP contribution >= 0.6 is 23.1 Å². The van der Waals surface area contributed by atoms with E-state index in [1.807, 2.05) is 43.5 Å². The minimum absolute atomic E-state index is 0.0992. The summed E-state index contributed by atoms with van der Waals surface area (Å²) in [5.41, 5.74) is 2.47. The minimum atomic E-state index is -0.439. The molecule has 7 heteroatoms. The van der Waals surface area contributed by atoms with Crippen molar-refractivity contribution in [3.63, 3.8) is 0 Å². The molecule has 0 N–H and O–H groups in total. The quantitative estimate of drug-likeness (QED) is 0.283. The number of hydrogen-bond acceptors (Lipinski definition) is 7. The first-order chi connectivity index (χ1) is 12.0. The van der Waals surface area contributed by atoms with Gasteiger partial charge >= 0.3 is 5.97 Å². The molecule has 0 atom stereocenters. The summed E-state index contributed by atoms with van der Waals surface area (Å²) < 4.78 is 5.12. The van der Waals surface area contributed by atoms with E-state index in [9.17, 15) is 9.59 Å². The van der Waals surface area contributed by atoms with Crippen LogP contribution in [0, 0.1) is 13.8 Å². The van der Waals surface area contributed by atoms with Crippen LogP contribution in [-0.2, 0) is 9.53 Å². The molecule has 0 amide bonds. The van der Waals surface area contributed by atoms with Gasteiger partial charge in [0.05, 0.1) is 5.75 Å². The molecule has 0 bridgehead atoms. The number of carbonyl (C=O) groups excluding carboxylic acids is 2. The standard InChI is InChI=1S/C18H16N2O3S2/c1-11-3-4-12(2)14(7-11)15(21)8-23-16(22)9-25-18-13-5-6-24-17(13)19-10-20-18/h3-7,10H,8-9H2,1-2H3. The second kappa shape index (κ2) is 7.76. The Morgan fingerprint density at radius 1 is 1.20 bits per heavy atom. The van der Waals surface area contributed by atoms with Crippen LogP contribution in [0.1, 0.15) is 21.5 Å². The molecule has 0 fully saturated rings. The molecular formula is C18H16N2O3S2. The average molecular weight is 372 g/mol. The van der Waals surface area contributed by atoms with Gasteiger partial charge in [-0.15, -0.1) is 11.3 Å². The van der Waals surface area contributed by atoms with E-state index in [0.717, 1.165) is 26.4 Å². The third kappa shape index (κ3) is 4.24. The number of carbonyl (C=O) groups is 2. The molecule has 0 aliphatic rings. The summed E-state index contributed by atoms with van der Waals surface area (Å²) in [6, 6.07) is 7.58. The van der Waals surface area contributed by atoms with Gasteiger partial charge in [-0.3, -0.25) is 9.59 Å². The molecule has 2 aromatic heterocycles. The predicted octanol–water partition coefficient (Wildman–Crippen LogP) is 3.83. The van der Waals surface area contributed by atoms with Gasteiger partial charge in [-0.1, -0.05) is 29.5 Å². The number of aromatic nitrogens is 2. The summed E-state index contributed by atoms with van der Waals surface area (Å²) in [6.45, 7) is 3.54. The van der Waals surface area contributed by atoms with E-state index >= 15 is 0 Å². The predicted molar refractivity (Wildman–Crippen MR) is 99.3 cm³/mol. The molecule has 2 heterocycles. The number of Topliss-reactive ketones (excluding diaryl/α,β-unsaturated/α-hetero) is 1. The van der Waals surface area contributed by atoms with Gasteiger partial charge in [-0.05, 0) is 36.9 Å². The summed E-state index contributed by atoms with van der Waals surface area (Å²) in [5, 5.41) is 3.60. The number of esters is 1. The van der Waals surface area contributed by atoms with Crippen LogP contribution in [0.3, 0.4) is 0 Å². The van der Waals surface area contributed by atoms with E-state index in [4.69, 9.17) is 4.74 Å². The largest absolute Gasteiger partial charge is 0.457 e. The molecule has 128 valence electrons. The number of rotatable bonds is 6. The Morgan fingerprint density at radius 2 is 2.04 bits per heavy atom. The van der Waals surface area contributed by atoms with Crippen molar-refractivity contribution in [1.82, 2.24) is 9.97 Å². The van der Waals surface area contributed by atoms with Crippen molar-refractivity contribution in [3.05, 3.63) is 52.7 Å². The Kier molecular flexibility index (Phi) is 5.45. The van der Waals surface area contributed by atoms with E-state index in [2.05, 4.69) is 9.97 Å². The second-order valence-electron chi connectivity index (χ2n) is 5.51. The lowest BCUT2D eigenvalue weighted by Gasteiger charge is -2.07. The van der Waals surface area contributed by atoms with Gasteiger partial charge in [0, 0.05) is 10.9 Å². The smallest absolute Gasteiger partial charge is 0.316 e. The lowest BCUT2D eigenvalue weighted by molar-refractivity contribution is -0.139. The van der Waals surface area contributed by atoms with Gasteiger partial charge in [-0.2, -0.15) is 0 Å². The van der Waals surface area contributed by atoms with Gasteiger partial charge in [-0.25, -0.2) is 9.97 Å². The fraction of sp³-hybridized carbons (Fsp3) is 0.222. The van der Waals surface area contributed by atoms with Crippen LogP contribution in [0.2, 0.25) is 0 Å². The van der Waals surface area contributed by atoms with Gasteiger partial charge < -0.3 is 4.74 Å². The SMILES string of the molecule is Cc1ccc(C)c(C(=O)COC(=O)CSc2ncnc3sccc23)c1. The third-order valence-corrected chi connectivity index (χ3v) is 5.41. The van der Waals surface area contributed by atoms with E-state index < -0.39 is 5.97 Å². The normalized spacial score (nSPS) is 10.8. The van der Waals surface area contributed by atoms with E-state index in [-0.39, 0.29) is 18.1 Å².